The molecule has 0 unspecified atom stereocenters. The lowest BCUT2D eigenvalue weighted by Gasteiger charge is -2.11. The van der Waals surface area contributed by atoms with Crippen molar-refractivity contribution in [1.82, 2.24) is 19.9 Å². The van der Waals surface area contributed by atoms with Crippen molar-refractivity contribution >= 4 is 22.9 Å². The Morgan fingerprint density at radius 2 is 1.90 bits per heavy atom. The second-order valence-electron chi connectivity index (χ2n) is 7.14. The third kappa shape index (κ3) is 4.15. The Hall–Kier alpha value is -3.74. The summed E-state index contributed by atoms with van der Waals surface area (Å²) in [6, 6.07) is 16.1. The van der Waals surface area contributed by atoms with Crippen molar-refractivity contribution < 1.29 is 9.18 Å². The Bertz CT molecular complexity index is 1200. The molecule has 0 bridgehead atoms. The predicted molar refractivity (Wildman–Crippen MR) is 116 cm³/mol. The van der Waals surface area contributed by atoms with E-state index in [1.807, 2.05) is 47.9 Å². The highest BCUT2D eigenvalue weighted by Crippen LogP contribution is 2.23. The Kier molecular flexibility index (Phi) is 5.43. The van der Waals surface area contributed by atoms with Crippen molar-refractivity contribution in [2.45, 2.75) is 20.4 Å². The second kappa shape index (κ2) is 8.32. The van der Waals surface area contributed by atoms with E-state index in [4.69, 9.17) is 4.98 Å². The maximum Gasteiger partial charge on any atom is 0.319 e. The third-order valence-electron chi connectivity index (χ3n) is 4.86. The molecule has 152 valence electrons. The van der Waals surface area contributed by atoms with Crippen molar-refractivity contribution in [3.05, 3.63) is 77.7 Å². The van der Waals surface area contributed by atoms with Crippen LogP contribution in [0.15, 0.2) is 60.8 Å². The SMILES string of the molecule is Cc1ccc(-c2nc3cccnc3n2CCNC(=O)Nc2ccc(C)c(F)c2)cc1. The van der Waals surface area contributed by atoms with Crippen LogP contribution >= 0.6 is 0 Å². The molecule has 0 saturated carbocycles. The summed E-state index contributed by atoms with van der Waals surface area (Å²) in [5.74, 6) is 0.443. The van der Waals surface area contributed by atoms with Gasteiger partial charge in [-0.1, -0.05) is 35.9 Å². The minimum atomic E-state index is -0.396. The van der Waals surface area contributed by atoms with Gasteiger partial charge in [-0.3, -0.25) is 0 Å². The lowest BCUT2D eigenvalue weighted by Crippen LogP contribution is -2.31. The van der Waals surface area contributed by atoms with Gasteiger partial charge in [0.1, 0.15) is 17.2 Å². The van der Waals surface area contributed by atoms with Crippen LogP contribution in [0.5, 0.6) is 0 Å². The maximum absolute atomic E-state index is 13.7. The molecule has 0 radical (unpaired) electrons. The number of halogens is 1. The molecule has 6 nitrogen and oxygen atoms in total. The number of amides is 2. The van der Waals surface area contributed by atoms with Gasteiger partial charge in [-0.25, -0.2) is 19.2 Å². The third-order valence-corrected chi connectivity index (χ3v) is 4.86. The average Bonchev–Trinajstić information content (AvgIpc) is 3.10. The molecule has 2 aromatic heterocycles. The molecule has 0 fully saturated rings. The summed E-state index contributed by atoms with van der Waals surface area (Å²) in [5, 5.41) is 5.46. The molecule has 0 spiro atoms. The van der Waals surface area contributed by atoms with Crippen LogP contribution in [-0.4, -0.2) is 27.1 Å². The largest absolute Gasteiger partial charge is 0.336 e. The fraction of sp³-hybridized carbons (Fsp3) is 0.174. The number of aryl methyl sites for hydroxylation is 2. The molecule has 7 heteroatoms. The summed E-state index contributed by atoms with van der Waals surface area (Å²) in [5.41, 5.74) is 4.65. The molecular weight excluding hydrogens is 381 g/mol. The van der Waals surface area contributed by atoms with Gasteiger partial charge in [0.25, 0.3) is 0 Å². The molecule has 0 aliphatic heterocycles. The predicted octanol–water partition coefficient (Wildman–Crippen LogP) is 4.68. The molecule has 2 amide bonds. The van der Waals surface area contributed by atoms with E-state index >= 15 is 0 Å². The molecule has 2 aromatic carbocycles. The van der Waals surface area contributed by atoms with Gasteiger partial charge >= 0.3 is 6.03 Å². The maximum atomic E-state index is 13.7. The van der Waals surface area contributed by atoms with Crippen molar-refractivity contribution in [3.63, 3.8) is 0 Å². The lowest BCUT2D eigenvalue weighted by atomic mass is 10.1. The van der Waals surface area contributed by atoms with Gasteiger partial charge < -0.3 is 15.2 Å². The Morgan fingerprint density at radius 1 is 1.10 bits per heavy atom. The first kappa shape index (κ1) is 19.6. The normalized spacial score (nSPS) is 10.9. The molecule has 4 aromatic rings. The van der Waals surface area contributed by atoms with Gasteiger partial charge in [0.05, 0.1) is 0 Å². The quantitative estimate of drug-likeness (QED) is 0.508. The number of anilines is 1. The van der Waals surface area contributed by atoms with Gasteiger partial charge in [0.15, 0.2) is 5.65 Å². The first-order chi connectivity index (χ1) is 14.5. The lowest BCUT2D eigenvalue weighted by molar-refractivity contribution is 0.251. The number of fused-ring (bicyclic) bond motifs is 1. The Balaban J connectivity index is 1.49. The minimum absolute atomic E-state index is 0.355. The number of carbonyl (C=O) groups is 1. The highest BCUT2D eigenvalue weighted by Gasteiger charge is 2.13. The summed E-state index contributed by atoms with van der Waals surface area (Å²) < 4.78 is 15.6. The van der Waals surface area contributed by atoms with Crippen LogP contribution in [-0.2, 0) is 6.54 Å². The molecule has 0 saturated heterocycles. The Morgan fingerprint density at radius 3 is 2.67 bits per heavy atom. The number of rotatable bonds is 5. The fourth-order valence-corrected chi connectivity index (χ4v) is 3.22. The summed E-state index contributed by atoms with van der Waals surface area (Å²) >= 11 is 0. The number of hydrogen-bond donors (Lipinski definition) is 2. The fourth-order valence-electron chi connectivity index (χ4n) is 3.22. The second-order valence-corrected chi connectivity index (χ2v) is 7.14. The Labute approximate surface area is 173 Å². The molecule has 4 rings (SSSR count). The highest BCUT2D eigenvalue weighted by atomic mass is 19.1. The average molecular weight is 403 g/mol. The molecule has 2 N–H and O–H groups in total. The number of benzene rings is 2. The van der Waals surface area contributed by atoms with Gasteiger partial charge in [0, 0.05) is 30.5 Å². The first-order valence-electron chi connectivity index (χ1n) is 9.70. The standard InChI is InChI=1S/C23H22FN5O/c1-15-5-8-17(9-6-15)21-28-20-4-3-11-25-22(20)29(21)13-12-26-23(30)27-18-10-7-16(2)19(24)14-18/h3-11,14H,12-13H2,1-2H3,(H2,26,27,30). The minimum Gasteiger partial charge on any atom is -0.336 e. The van der Waals surface area contributed by atoms with Crippen LogP contribution in [0, 0.1) is 19.7 Å². The van der Waals surface area contributed by atoms with E-state index in [-0.39, 0.29) is 5.82 Å². The topological polar surface area (TPSA) is 71.8 Å². The van der Waals surface area contributed by atoms with Crippen molar-refractivity contribution in [1.29, 1.82) is 0 Å². The number of hydrogen-bond acceptors (Lipinski definition) is 3. The van der Waals surface area contributed by atoms with E-state index in [0.29, 0.717) is 24.3 Å². The van der Waals surface area contributed by atoms with Crippen LogP contribution < -0.4 is 10.6 Å². The van der Waals surface area contributed by atoms with Crippen LogP contribution in [0.4, 0.5) is 14.9 Å². The van der Waals surface area contributed by atoms with Crippen LogP contribution in [0.1, 0.15) is 11.1 Å². The van der Waals surface area contributed by atoms with E-state index < -0.39 is 6.03 Å². The summed E-state index contributed by atoms with van der Waals surface area (Å²) in [4.78, 5) is 21.4. The number of imidazole rings is 1. The van der Waals surface area contributed by atoms with E-state index in [0.717, 1.165) is 22.6 Å². The van der Waals surface area contributed by atoms with Crippen molar-refractivity contribution in [2.75, 3.05) is 11.9 Å². The molecular formula is C23H22FN5O. The summed E-state index contributed by atoms with van der Waals surface area (Å²) in [6.07, 6.45) is 1.73. The van der Waals surface area contributed by atoms with Gasteiger partial charge in [-0.15, -0.1) is 0 Å². The van der Waals surface area contributed by atoms with Crippen LogP contribution in [0.3, 0.4) is 0 Å². The first-order valence-corrected chi connectivity index (χ1v) is 9.70. The molecule has 0 atom stereocenters. The zero-order valence-electron chi connectivity index (χ0n) is 16.8. The summed E-state index contributed by atoms with van der Waals surface area (Å²) in [7, 11) is 0. The molecule has 0 aliphatic rings. The number of urea groups is 1. The molecule has 0 aliphatic carbocycles. The number of nitrogens with zero attached hydrogens (tertiary/aromatic N) is 3. The van der Waals surface area contributed by atoms with E-state index in [1.165, 1.54) is 11.6 Å². The highest BCUT2D eigenvalue weighted by molar-refractivity contribution is 5.89. The zero-order valence-corrected chi connectivity index (χ0v) is 16.8. The molecule has 2 heterocycles. The smallest absolute Gasteiger partial charge is 0.319 e. The number of pyridine rings is 1. The van der Waals surface area contributed by atoms with Gasteiger partial charge in [0.2, 0.25) is 0 Å². The monoisotopic (exact) mass is 403 g/mol. The van der Waals surface area contributed by atoms with Crippen molar-refractivity contribution in [2.24, 2.45) is 0 Å². The van der Waals surface area contributed by atoms with E-state index in [9.17, 15) is 9.18 Å². The van der Waals surface area contributed by atoms with Crippen LogP contribution in [0.2, 0.25) is 0 Å². The van der Waals surface area contributed by atoms with Crippen molar-refractivity contribution in [3.8, 4) is 11.4 Å². The van der Waals surface area contributed by atoms with Gasteiger partial charge in [-0.05, 0) is 43.7 Å². The number of carbonyl (C=O) groups excluding carboxylic acids is 1. The summed E-state index contributed by atoms with van der Waals surface area (Å²) in [6.45, 7) is 4.57. The zero-order chi connectivity index (χ0) is 21.1. The van der Waals surface area contributed by atoms with E-state index in [2.05, 4.69) is 15.6 Å². The number of nitrogens with one attached hydrogen (secondary N) is 2. The van der Waals surface area contributed by atoms with Gasteiger partial charge in [-0.2, -0.15) is 0 Å². The molecule has 30 heavy (non-hydrogen) atoms. The van der Waals surface area contributed by atoms with E-state index in [1.54, 1.807) is 25.3 Å². The van der Waals surface area contributed by atoms with Crippen LogP contribution in [0.25, 0.3) is 22.6 Å². The number of aromatic nitrogens is 3.